The van der Waals surface area contributed by atoms with Crippen LogP contribution in [0.3, 0.4) is 0 Å². The Labute approximate surface area is 162 Å². The maximum Gasteiger partial charge on any atom is 0.256 e. The molecule has 3 aliphatic rings. The van der Waals surface area contributed by atoms with Gasteiger partial charge in [-0.25, -0.2) is 0 Å². The minimum Gasteiger partial charge on any atom is -0.371 e. The molecule has 0 unspecified atom stereocenters. The van der Waals surface area contributed by atoms with Crippen LogP contribution < -0.4 is 10.2 Å². The third-order valence-corrected chi connectivity index (χ3v) is 6.21. The molecule has 5 nitrogen and oxygen atoms in total. The maximum absolute atomic E-state index is 13.3. The lowest BCUT2D eigenvalue weighted by molar-refractivity contribution is -0.117. The molecule has 0 atom stereocenters. The van der Waals surface area contributed by atoms with Crippen LogP contribution in [0.2, 0.25) is 0 Å². The first kappa shape index (κ1) is 18.3. The van der Waals surface area contributed by atoms with Crippen LogP contribution in [-0.2, 0) is 4.79 Å². The molecule has 2 heterocycles. The van der Waals surface area contributed by atoms with Crippen molar-refractivity contribution < 1.29 is 9.59 Å². The van der Waals surface area contributed by atoms with Crippen LogP contribution in [0.4, 0.5) is 11.4 Å². The minimum absolute atomic E-state index is 0.0888. The first-order chi connectivity index (χ1) is 13.1. The van der Waals surface area contributed by atoms with Gasteiger partial charge in [-0.1, -0.05) is 6.92 Å². The summed E-state index contributed by atoms with van der Waals surface area (Å²) in [5, 5.41) is 3.01. The van der Waals surface area contributed by atoms with Gasteiger partial charge >= 0.3 is 0 Å². The molecule has 4 rings (SSSR count). The molecule has 27 heavy (non-hydrogen) atoms. The number of benzene rings is 1. The highest BCUT2D eigenvalue weighted by molar-refractivity contribution is 6.02. The summed E-state index contributed by atoms with van der Waals surface area (Å²) in [5.41, 5.74) is 2.53. The molecule has 0 radical (unpaired) electrons. The van der Waals surface area contributed by atoms with Crippen molar-refractivity contribution in [2.24, 2.45) is 11.8 Å². The van der Waals surface area contributed by atoms with Gasteiger partial charge in [-0.05, 0) is 69.1 Å². The summed E-state index contributed by atoms with van der Waals surface area (Å²) in [4.78, 5) is 29.8. The number of rotatable bonds is 4. The monoisotopic (exact) mass is 369 g/mol. The number of carbonyl (C=O) groups excluding carboxylic acids is 2. The molecule has 2 saturated heterocycles. The molecule has 1 aliphatic carbocycles. The Morgan fingerprint density at radius 2 is 1.67 bits per heavy atom. The van der Waals surface area contributed by atoms with Crippen molar-refractivity contribution in [3.63, 3.8) is 0 Å². The smallest absolute Gasteiger partial charge is 0.256 e. The molecule has 1 aromatic carbocycles. The summed E-state index contributed by atoms with van der Waals surface area (Å²) in [6.45, 7) is 5.97. The van der Waals surface area contributed by atoms with E-state index in [2.05, 4.69) is 17.1 Å². The Hall–Kier alpha value is -2.04. The Morgan fingerprint density at radius 1 is 0.963 bits per heavy atom. The number of amides is 2. The molecule has 1 aromatic rings. The van der Waals surface area contributed by atoms with Gasteiger partial charge in [0.15, 0.2) is 0 Å². The van der Waals surface area contributed by atoms with Gasteiger partial charge in [-0.2, -0.15) is 0 Å². The van der Waals surface area contributed by atoms with E-state index in [1.54, 1.807) is 0 Å². The van der Waals surface area contributed by atoms with Crippen molar-refractivity contribution >= 4 is 23.2 Å². The van der Waals surface area contributed by atoms with E-state index in [0.717, 1.165) is 87.6 Å². The SMILES string of the molecule is CC1CCN(c2ccc(NC(=O)C3CC3)cc2C(=O)N2CCCCC2)CC1. The van der Waals surface area contributed by atoms with Crippen LogP contribution in [0.15, 0.2) is 18.2 Å². The number of nitrogens with one attached hydrogen (secondary N) is 1. The zero-order valence-electron chi connectivity index (χ0n) is 16.4. The van der Waals surface area contributed by atoms with E-state index in [4.69, 9.17) is 0 Å². The van der Waals surface area contributed by atoms with Gasteiger partial charge in [-0.3, -0.25) is 9.59 Å². The van der Waals surface area contributed by atoms with Crippen LogP contribution in [0, 0.1) is 11.8 Å². The number of anilines is 2. The molecule has 2 amide bonds. The van der Waals surface area contributed by atoms with Crippen molar-refractivity contribution in [2.45, 2.75) is 51.9 Å². The fourth-order valence-corrected chi connectivity index (χ4v) is 4.17. The number of piperidine rings is 2. The van der Waals surface area contributed by atoms with Crippen molar-refractivity contribution in [2.75, 3.05) is 36.4 Å². The second-order valence-electron chi connectivity index (χ2n) is 8.52. The van der Waals surface area contributed by atoms with E-state index in [1.165, 1.54) is 6.42 Å². The summed E-state index contributed by atoms with van der Waals surface area (Å²) >= 11 is 0. The normalized spacial score (nSPS) is 21.2. The maximum atomic E-state index is 13.3. The fraction of sp³-hybridized carbons (Fsp3) is 0.636. The molecular weight excluding hydrogens is 338 g/mol. The number of hydrogen-bond acceptors (Lipinski definition) is 3. The standard InChI is InChI=1S/C22H31N3O2/c1-16-9-13-24(14-10-16)20-8-7-18(23-21(26)17-5-6-17)15-19(20)22(27)25-11-3-2-4-12-25/h7-8,15-17H,2-6,9-14H2,1H3,(H,23,26). The molecule has 0 spiro atoms. The zero-order chi connectivity index (χ0) is 18.8. The average Bonchev–Trinajstić information content (AvgIpc) is 3.54. The zero-order valence-corrected chi connectivity index (χ0v) is 16.4. The molecule has 3 fully saturated rings. The lowest BCUT2D eigenvalue weighted by Crippen LogP contribution is -2.38. The lowest BCUT2D eigenvalue weighted by atomic mass is 9.97. The Bertz CT molecular complexity index is 700. The third-order valence-electron chi connectivity index (χ3n) is 6.21. The quantitative estimate of drug-likeness (QED) is 0.876. The fourth-order valence-electron chi connectivity index (χ4n) is 4.17. The second-order valence-corrected chi connectivity index (χ2v) is 8.52. The van der Waals surface area contributed by atoms with Crippen molar-refractivity contribution in [1.82, 2.24) is 4.90 Å². The predicted molar refractivity (Wildman–Crippen MR) is 108 cm³/mol. The van der Waals surface area contributed by atoms with E-state index in [0.29, 0.717) is 0 Å². The molecule has 146 valence electrons. The highest BCUT2D eigenvalue weighted by Gasteiger charge is 2.30. The number of nitrogens with zero attached hydrogens (tertiary/aromatic N) is 2. The van der Waals surface area contributed by atoms with E-state index < -0.39 is 0 Å². The van der Waals surface area contributed by atoms with E-state index in [1.807, 2.05) is 23.1 Å². The van der Waals surface area contributed by atoms with Crippen LogP contribution in [0.1, 0.15) is 62.2 Å². The predicted octanol–water partition coefficient (Wildman–Crippen LogP) is 3.90. The van der Waals surface area contributed by atoms with Crippen LogP contribution in [-0.4, -0.2) is 42.9 Å². The molecule has 0 aromatic heterocycles. The Kier molecular flexibility index (Phi) is 5.37. The summed E-state index contributed by atoms with van der Waals surface area (Å²) in [5.74, 6) is 1.12. The van der Waals surface area contributed by atoms with Crippen molar-refractivity contribution in [1.29, 1.82) is 0 Å². The van der Waals surface area contributed by atoms with Crippen LogP contribution in [0.25, 0.3) is 0 Å². The van der Waals surface area contributed by atoms with Gasteiger partial charge in [0.1, 0.15) is 0 Å². The van der Waals surface area contributed by atoms with E-state index in [9.17, 15) is 9.59 Å². The Balaban J connectivity index is 1.60. The summed E-state index contributed by atoms with van der Waals surface area (Å²) in [6.07, 6.45) is 7.67. The lowest BCUT2D eigenvalue weighted by Gasteiger charge is -2.35. The van der Waals surface area contributed by atoms with Gasteiger partial charge in [0, 0.05) is 43.5 Å². The highest BCUT2D eigenvalue weighted by Crippen LogP contribution is 2.33. The van der Waals surface area contributed by atoms with E-state index >= 15 is 0 Å². The topological polar surface area (TPSA) is 52.7 Å². The van der Waals surface area contributed by atoms with Crippen molar-refractivity contribution in [3.05, 3.63) is 23.8 Å². The molecule has 0 bridgehead atoms. The van der Waals surface area contributed by atoms with Crippen molar-refractivity contribution in [3.8, 4) is 0 Å². The molecule has 1 N–H and O–H groups in total. The average molecular weight is 370 g/mol. The number of likely N-dealkylation sites (tertiary alicyclic amines) is 1. The molecule has 5 heteroatoms. The highest BCUT2D eigenvalue weighted by atomic mass is 16.2. The number of carbonyl (C=O) groups is 2. The molecule has 1 saturated carbocycles. The Morgan fingerprint density at radius 3 is 2.33 bits per heavy atom. The summed E-state index contributed by atoms with van der Waals surface area (Å²) in [6, 6.07) is 5.90. The largest absolute Gasteiger partial charge is 0.371 e. The summed E-state index contributed by atoms with van der Waals surface area (Å²) in [7, 11) is 0. The molecule has 2 aliphatic heterocycles. The van der Waals surface area contributed by atoms with Crippen LogP contribution in [0.5, 0.6) is 0 Å². The first-order valence-electron chi connectivity index (χ1n) is 10.6. The second kappa shape index (κ2) is 7.91. The van der Waals surface area contributed by atoms with Gasteiger partial charge in [0.25, 0.3) is 5.91 Å². The van der Waals surface area contributed by atoms with Crippen LogP contribution >= 0.6 is 0 Å². The van der Waals surface area contributed by atoms with Gasteiger partial charge < -0.3 is 15.1 Å². The van der Waals surface area contributed by atoms with E-state index in [-0.39, 0.29) is 17.7 Å². The van der Waals surface area contributed by atoms with Gasteiger partial charge in [-0.15, -0.1) is 0 Å². The van der Waals surface area contributed by atoms with Gasteiger partial charge in [0.05, 0.1) is 5.56 Å². The summed E-state index contributed by atoms with van der Waals surface area (Å²) < 4.78 is 0. The first-order valence-corrected chi connectivity index (χ1v) is 10.6. The third kappa shape index (κ3) is 4.28. The molecular formula is C22H31N3O2. The minimum atomic E-state index is 0.0888. The van der Waals surface area contributed by atoms with Gasteiger partial charge in [0.2, 0.25) is 5.91 Å². The number of hydrogen-bond donors (Lipinski definition) is 1.